The van der Waals surface area contributed by atoms with E-state index in [0.29, 0.717) is 12.0 Å². The molecule has 2 rings (SSSR count). The molecule has 0 aliphatic carbocycles. The number of hydrogen-bond donors (Lipinski definition) is 1. The Balaban J connectivity index is 1.77. The van der Waals surface area contributed by atoms with Crippen molar-refractivity contribution in [1.29, 1.82) is 0 Å². The first-order chi connectivity index (χ1) is 8.75. The Hall–Kier alpha value is -1.02. The molecule has 0 radical (unpaired) electrons. The summed E-state index contributed by atoms with van der Waals surface area (Å²) in [5.41, 5.74) is 1.35. The Morgan fingerprint density at radius 2 is 2.22 bits per heavy atom. The average Bonchev–Trinajstić information content (AvgIpc) is 2.40. The van der Waals surface area contributed by atoms with E-state index in [4.69, 9.17) is 4.74 Å². The Labute approximate surface area is 111 Å². The van der Waals surface area contributed by atoms with Gasteiger partial charge in [0.2, 0.25) is 0 Å². The minimum absolute atomic E-state index is 0.563. The number of ether oxygens (including phenoxy) is 1. The van der Waals surface area contributed by atoms with E-state index in [1.807, 2.05) is 0 Å². The van der Waals surface area contributed by atoms with Crippen LogP contribution in [0.3, 0.4) is 0 Å². The lowest BCUT2D eigenvalue weighted by atomic mass is 10.0. The van der Waals surface area contributed by atoms with E-state index in [0.717, 1.165) is 18.8 Å². The molecule has 1 fully saturated rings. The fourth-order valence-corrected chi connectivity index (χ4v) is 2.45. The topological polar surface area (TPSA) is 21.3 Å². The second-order valence-corrected chi connectivity index (χ2v) is 5.51. The maximum absolute atomic E-state index is 5.86. The fraction of sp³-hybridized carbons (Fsp3) is 0.625. The summed E-state index contributed by atoms with van der Waals surface area (Å²) in [5.74, 6) is 1.57. The molecule has 2 nitrogen and oxygen atoms in total. The predicted octanol–water partition coefficient (Wildman–Crippen LogP) is 3.72. The van der Waals surface area contributed by atoms with Crippen molar-refractivity contribution in [1.82, 2.24) is 5.32 Å². The highest BCUT2D eigenvalue weighted by Crippen LogP contribution is 2.20. The van der Waals surface area contributed by atoms with Crippen molar-refractivity contribution in [2.75, 3.05) is 13.2 Å². The first-order valence-electron chi connectivity index (χ1n) is 7.22. The van der Waals surface area contributed by atoms with E-state index >= 15 is 0 Å². The van der Waals surface area contributed by atoms with Gasteiger partial charge in [-0.3, -0.25) is 0 Å². The minimum atomic E-state index is 0.563. The van der Waals surface area contributed by atoms with Crippen LogP contribution in [0.5, 0.6) is 5.75 Å². The van der Waals surface area contributed by atoms with Crippen molar-refractivity contribution in [2.45, 2.75) is 51.5 Å². The maximum atomic E-state index is 5.86. The minimum Gasteiger partial charge on any atom is -0.494 e. The second kappa shape index (κ2) is 6.79. The first kappa shape index (κ1) is 13.4. The third-order valence-electron chi connectivity index (χ3n) is 3.67. The summed E-state index contributed by atoms with van der Waals surface area (Å²) in [6.07, 6.45) is 5.11. The molecule has 1 atom stereocenters. The van der Waals surface area contributed by atoms with Gasteiger partial charge in [-0.1, -0.05) is 32.4 Å². The van der Waals surface area contributed by atoms with Gasteiger partial charge in [-0.05, 0) is 49.4 Å². The molecule has 1 saturated heterocycles. The zero-order valence-electron chi connectivity index (χ0n) is 11.6. The Morgan fingerprint density at radius 1 is 1.33 bits per heavy atom. The molecule has 100 valence electrons. The summed E-state index contributed by atoms with van der Waals surface area (Å²) in [6.45, 7) is 6.42. The van der Waals surface area contributed by atoms with E-state index in [1.165, 1.54) is 31.4 Å². The Kier molecular flexibility index (Phi) is 5.06. The zero-order chi connectivity index (χ0) is 12.8. The molecule has 0 unspecified atom stereocenters. The average molecular weight is 247 g/mol. The summed E-state index contributed by atoms with van der Waals surface area (Å²) in [6, 6.07) is 9.13. The molecule has 1 N–H and O–H groups in total. The van der Waals surface area contributed by atoms with Crippen molar-refractivity contribution in [3.63, 3.8) is 0 Å². The van der Waals surface area contributed by atoms with Crippen LogP contribution in [0, 0.1) is 0 Å². The molecule has 18 heavy (non-hydrogen) atoms. The van der Waals surface area contributed by atoms with Crippen LogP contribution >= 0.6 is 0 Å². The summed E-state index contributed by atoms with van der Waals surface area (Å²) in [5, 5.41) is 3.55. The molecule has 1 heterocycles. The highest BCUT2D eigenvalue weighted by Gasteiger charge is 2.12. The van der Waals surface area contributed by atoms with Gasteiger partial charge in [-0.25, -0.2) is 0 Å². The molecule has 0 aromatic heterocycles. The van der Waals surface area contributed by atoms with Crippen LogP contribution in [-0.2, 0) is 0 Å². The summed E-state index contributed by atoms with van der Waals surface area (Å²) < 4.78 is 5.86. The van der Waals surface area contributed by atoms with Crippen LogP contribution in [0.4, 0.5) is 0 Å². The predicted molar refractivity (Wildman–Crippen MR) is 76.3 cm³/mol. The van der Waals surface area contributed by atoms with Crippen LogP contribution < -0.4 is 10.1 Å². The maximum Gasteiger partial charge on any atom is 0.119 e. The van der Waals surface area contributed by atoms with Gasteiger partial charge >= 0.3 is 0 Å². The number of rotatable bonds is 5. The van der Waals surface area contributed by atoms with Gasteiger partial charge in [0, 0.05) is 6.04 Å². The van der Waals surface area contributed by atoms with Gasteiger partial charge in [0.05, 0.1) is 6.61 Å². The number of piperidine rings is 1. The van der Waals surface area contributed by atoms with Crippen LogP contribution in [0.2, 0.25) is 0 Å². The highest BCUT2D eigenvalue weighted by atomic mass is 16.5. The summed E-state index contributed by atoms with van der Waals surface area (Å²) in [4.78, 5) is 0. The molecule has 1 aromatic rings. The molecule has 0 saturated carbocycles. The Morgan fingerprint density at radius 3 is 2.94 bits per heavy atom. The van der Waals surface area contributed by atoms with Crippen LogP contribution in [0.1, 0.15) is 51.0 Å². The van der Waals surface area contributed by atoms with Gasteiger partial charge in [0.15, 0.2) is 0 Å². The molecule has 1 aromatic carbocycles. The quantitative estimate of drug-likeness (QED) is 0.856. The molecule has 0 bridgehead atoms. The SMILES string of the molecule is CC(C)c1cccc(OCC[C@H]2CCCCN2)c1. The molecular weight excluding hydrogens is 222 g/mol. The Bertz CT molecular complexity index is 356. The van der Waals surface area contributed by atoms with Crippen molar-refractivity contribution in [3.05, 3.63) is 29.8 Å². The van der Waals surface area contributed by atoms with Gasteiger partial charge in [-0.15, -0.1) is 0 Å². The van der Waals surface area contributed by atoms with Gasteiger partial charge in [0.25, 0.3) is 0 Å². The third-order valence-corrected chi connectivity index (χ3v) is 3.67. The van der Waals surface area contributed by atoms with E-state index in [-0.39, 0.29) is 0 Å². The smallest absolute Gasteiger partial charge is 0.119 e. The van der Waals surface area contributed by atoms with Gasteiger partial charge in [-0.2, -0.15) is 0 Å². The largest absolute Gasteiger partial charge is 0.494 e. The van der Waals surface area contributed by atoms with Gasteiger partial charge in [0.1, 0.15) is 5.75 Å². The third kappa shape index (κ3) is 4.02. The molecule has 1 aliphatic heterocycles. The van der Waals surface area contributed by atoms with Crippen LogP contribution in [-0.4, -0.2) is 19.2 Å². The monoisotopic (exact) mass is 247 g/mol. The molecule has 2 heteroatoms. The second-order valence-electron chi connectivity index (χ2n) is 5.51. The lowest BCUT2D eigenvalue weighted by Crippen LogP contribution is -2.35. The fourth-order valence-electron chi connectivity index (χ4n) is 2.45. The normalized spacial score (nSPS) is 20.1. The highest BCUT2D eigenvalue weighted by molar-refractivity contribution is 5.30. The van der Waals surface area contributed by atoms with Crippen LogP contribution in [0.15, 0.2) is 24.3 Å². The zero-order valence-corrected chi connectivity index (χ0v) is 11.6. The summed E-state index contributed by atoms with van der Waals surface area (Å²) in [7, 11) is 0. The van der Waals surface area contributed by atoms with Crippen molar-refractivity contribution in [2.24, 2.45) is 0 Å². The van der Waals surface area contributed by atoms with E-state index < -0.39 is 0 Å². The summed E-state index contributed by atoms with van der Waals surface area (Å²) >= 11 is 0. The lowest BCUT2D eigenvalue weighted by Gasteiger charge is -2.23. The van der Waals surface area contributed by atoms with Crippen molar-refractivity contribution >= 4 is 0 Å². The standard InChI is InChI=1S/C16H25NO/c1-13(2)14-6-5-8-16(12-14)18-11-9-15-7-3-4-10-17-15/h5-6,8,12-13,15,17H,3-4,7,9-11H2,1-2H3/t15-/m1/s1. The molecule has 0 amide bonds. The van der Waals surface area contributed by atoms with Gasteiger partial charge < -0.3 is 10.1 Å². The number of nitrogens with one attached hydrogen (secondary N) is 1. The molecule has 1 aliphatic rings. The van der Waals surface area contributed by atoms with E-state index in [9.17, 15) is 0 Å². The first-order valence-corrected chi connectivity index (χ1v) is 7.22. The van der Waals surface area contributed by atoms with E-state index in [2.05, 4.69) is 43.4 Å². The van der Waals surface area contributed by atoms with Crippen molar-refractivity contribution in [3.8, 4) is 5.75 Å². The van der Waals surface area contributed by atoms with Crippen LogP contribution in [0.25, 0.3) is 0 Å². The molecule has 0 spiro atoms. The van der Waals surface area contributed by atoms with E-state index in [1.54, 1.807) is 0 Å². The number of hydrogen-bond acceptors (Lipinski definition) is 2. The lowest BCUT2D eigenvalue weighted by molar-refractivity contribution is 0.268. The number of benzene rings is 1. The van der Waals surface area contributed by atoms with Crippen molar-refractivity contribution < 1.29 is 4.74 Å². The molecular formula is C16H25NO.